The third-order valence-electron chi connectivity index (χ3n) is 3.35. The van der Waals surface area contributed by atoms with Gasteiger partial charge in [0.25, 0.3) is 0 Å². The highest BCUT2D eigenvalue weighted by molar-refractivity contribution is 5.73. The molecule has 0 unspecified atom stereocenters. The van der Waals surface area contributed by atoms with E-state index >= 15 is 0 Å². The molecule has 0 fully saturated rings. The predicted molar refractivity (Wildman–Crippen MR) is 87.5 cm³/mol. The second-order valence-electron chi connectivity index (χ2n) is 5.00. The van der Waals surface area contributed by atoms with Crippen LogP contribution in [0.1, 0.15) is 5.56 Å². The van der Waals surface area contributed by atoms with Crippen molar-refractivity contribution >= 4 is 5.69 Å². The molecule has 4 heteroatoms. The van der Waals surface area contributed by atoms with Crippen molar-refractivity contribution in [3.63, 3.8) is 0 Å². The predicted octanol–water partition coefficient (Wildman–Crippen LogP) is 4.74. The fourth-order valence-electron chi connectivity index (χ4n) is 2.25. The molecule has 0 atom stereocenters. The molecular weight excluding hydrogens is 291 g/mol. The van der Waals surface area contributed by atoms with E-state index < -0.39 is 0 Å². The monoisotopic (exact) mass is 304 g/mol. The van der Waals surface area contributed by atoms with Crippen molar-refractivity contribution in [2.45, 2.75) is 0 Å². The van der Waals surface area contributed by atoms with Gasteiger partial charge in [-0.1, -0.05) is 18.2 Å². The molecule has 0 aromatic heterocycles. The molecule has 0 amide bonds. The van der Waals surface area contributed by atoms with E-state index in [1.165, 1.54) is 12.1 Å². The van der Waals surface area contributed by atoms with E-state index in [2.05, 4.69) is 6.07 Å². The van der Waals surface area contributed by atoms with Gasteiger partial charge >= 0.3 is 0 Å². The quantitative estimate of drug-likeness (QED) is 0.711. The van der Waals surface area contributed by atoms with E-state index in [0.29, 0.717) is 22.7 Å². The molecule has 112 valence electrons. The maximum atomic E-state index is 13.1. The lowest BCUT2D eigenvalue weighted by atomic mass is 10.0. The van der Waals surface area contributed by atoms with E-state index in [1.54, 1.807) is 48.5 Å². The number of nitrogens with two attached hydrogens (primary N) is 1. The minimum Gasteiger partial charge on any atom is -0.457 e. The van der Waals surface area contributed by atoms with Crippen molar-refractivity contribution < 1.29 is 9.13 Å². The summed E-state index contributed by atoms with van der Waals surface area (Å²) < 4.78 is 19.0. The zero-order valence-electron chi connectivity index (χ0n) is 12.2. The summed E-state index contributed by atoms with van der Waals surface area (Å²) >= 11 is 0. The van der Waals surface area contributed by atoms with Crippen LogP contribution in [0.15, 0.2) is 66.7 Å². The van der Waals surface area contributed by atoms with Gasteiger partial charge in [-0.2, -0.15) is 5.26 Å². The Morgan fingerprint density at radius 2 is 1.74 bits per heavy atom. The van der Waals surface area contributed by atoms with E-state index in [1.807, 2.05) is 6.07 Å². The Bertz CT molecular complexity index is 883. The van der Waals surface area contributed by atoms with Crippen LogP contribution in [0.3, 0.4) is 0 Å². The lowest BCUT2D eigenvalue weighted by Crippen LogP contribution is -1.92. The van der Waals surface area contributed by atoms with Gasteiger partial charge in [0, 0.05) is 17.3 Å². The molecule has 0 aliphatic rings. The molecule has 0 heterocycles. The number of ether oxygens (including phenoxy) is 1. The largest absolute Gasteiger partial charge is 0.457 e. The highest BCUT2D eigenvalue weighted by atomic mass is 19.1. The third-order valence-corrected chi connectivity index (χ3v) is 3.35. The van der Waals surface area contributed by atoms with Crippen molar-refractivity contribution in [3.8, 4) is 28.7 Å². The maximum absolute atomic E-state index is 13.1. The normalized spacial score (nSPS) is 10.1. The molecule has 3 nitrogen and oxygen atoms in total. The van der Waals surface area contributed by atoms with Crippen LogP contribution in [-0.2, 0) is 0 Å². The molecule has 0 saturated heterocycles. The molecule has 23 heavy (non-hydrogen) atoms. The number of nitriles is 1. The van der Waals surface area contributed by atoms with E-state index in [9.17, 15) is 4.39 Å². The van der Waals surface area contributed by atoms with Crippen LogP contribution >= 0.6 is 0 Å². The highest BCUT2D eigenvalue weighted by Gasteiger charge is 2.09. The zero-order valence-corrected chi connectivity index (χ0v) is 12.2. The SMILES string of the molecule is N#Cc1cccc(Oc2cc(N)ccc2-c2ccc(F)cc2)c1. The molecule has 0 aliphatic heterocycles. The van der Waals surface area contributed by atoms with E-state index in [0.717, 1.165) is 11.1 Å². The minimum absolute atomic E-state index is 0.298. The fraction of sp³-hybridized carbons (Fsp3) is 0. The molecular formula is C19H13FN2O. The fourth-order valence-corrected chi connectivity index (χ4v) is 2.25. The summed E-state index contributed by atoms with van der Waals surface area (Å²) in [6.45, 7) is 0. The Morgan fingerprint density at radius 3 is 2.48 bits per heavy atom. The Kier molecular flexibility index (Phi) is 3.94. The molecule has 0 spiro atoms. The Hall–Kier alpha value is -3.32. The second-order valence-corrected chi connectivity index (χ2v) is 5.00. The number of hydrogen-bond acceptors (Lipinski definition) is 3. The van der Waals surface area contributed by atoms with Gasteiger partial charge in [-0.3, -0.25) is 0 Å². The number of rotatable bonds is 3. The number of benzene rings is 3. The second kappa shape index (κ2) is 6.20. The van der Waals surface area contributed by atoms with Gasteiger partial charge in [-0.25, -0.2) is 4.39 Å². The standard InChI is InChI=1S/C19H13FN2O/c20-15-6-4-14(5-7-15)18-9-8-16(22)11-19(18)23-17-3-1-2-13(10-17)12-21/h1-11H,22H2. The van der Waals surface area contributed by atoms with Gasteiger partial charge in [0.05, 0.1) is 11.6 Å². The summed E-state index contributed by atoms with van der Waals surface area (Å²) in [4.78, 5) is 0. The van der Waals surface area contributed by atoms with E-state index in [-0.39, 0.29) is 5.82 Å². The van der Waals surface area contributed by atoms with Crippen molar-refractivity contribution in [1.82, 2.24) is 0 Å². The summed E-state index contributed by atoms with van der Waals surface area (Å²) in [6.07, 6.45) is 0. The number of halogens is 1. The van der Waals surface area contributed by atoms with Gasteiger partial charge in [0.15, 0.2) is 0 Å². The van der Waals surface area contributed by atoms with Crippen LogP contribution in [0.25, 0.3) is 11.1 Å². The molecule has 0 radical (unpaired) electrons. The molecule has 0 bridgehead atoms. The van der Waals surface area contributed by atoms with Crippen molar-refractivity contribution in [2.75, 3.05) is 5.73 Å². The molecule has 3 rings (SSSR count). The van der Waals surface area contributed by atoms with Gasteiger partial charge in [-0.15, -0.1) is 0 Å². The summed E-state index contributed by atoms with van der Waals surface area (Å²) in [5.41, 5.74) is 8.52. The molecule has 3 aromatic rings. The van der Waals surface area contributed by atoms with Gasteiger partial charge in [0.1, 0.15) is 17.3 Å². The smallest absolute Gasteiger partial charge is 0.137 e. The van der Waals surface area contributed by atoms with Crippen molar-refractivity contribution in [3.05, 3.63) is 78.1 Å². The number of anilines is 1. The lowest BCUT2D eigenvalue weighted by Gasteiger charge is -2.12. The summed E-state index contributed by atoms with van der Waals surface area (Å²) in [5.74, 6) is 0.790. The Balaban J connectivity index is 2.02. The first-order valence-corrected chi connectivity index (χ1v) is 6.99. The maximum Gasteiger partial charge on any atom is 0.137 e. The highest BCUT2D eigenvalue weighted by Crippen LogP contribution is 2.35. The number of hydrogen-bond donors (Lipinski definition) is 1. The first kappa shape index (κ1) is 14.6. The van der Waals surface area contributed by atoms with Gasteiger partial charge in [-0.05, 0) is 48.0 Å². The van der Waals surface area contributed by atoms with Crippen LogP contribution < -0.4 is 10.5 Å². The van der Waals surface area contributed by atoms with Crippen LogP contribution in [-0.4, -0.2) is 0 Å². The summed E-state index contributed by atoms with van der Waals surface area (Å²) in [7, 11) is 0. The van der Waals surface area contributed by atoms with E-state index in [4.69, 9.17) is 15.7 Å². The first-order chi connectivity index (χ1) is 11.2. The van der Waals surface area contributed by atoms with Crippen LogP contribution in [0, 0.1) is 17.1 Å². The Labute approximate surface area is 133 Å². The lowest BCUT2D eigenvalue weighted by molar-refractivity contribution is 0.484. The van der Waals surface area contributed by atoms with Gasteiger partial charge in [0.2, 0.25) is 0 Å². The van der Waals surface area contributed by atoms with Crippen LogP contribution in [0.4, 0.5) is 10.1 Å². The average Bonchev–Trinajstić information content (AvgIpc) is 2.56. The van der Waals surface area contributed by atoms with Crippen LogP contribution in [0.2, 0.25) is 0 Å². The zero-order chi connectivity index (χ0) is 16.2. The number of nitrogens with zero attached hydrogens (tertiary/aromatic N) is 1. The van der Waals surface area contributed by atoms with Crippen LogP contribution in [0.5, 0.6) is 11.5 Å². The molecule has 0 saturated carbocycles. The third kappa shape index (κ3) is 3.30. The first-order valence-electron chi connectivity index (χ1n) is 6.99. The Morgan fingerprint density at radius 1 is 0.957 bits per heavy atom. The molecule has 3 aromatic carbocycles. The van der Waals surface area contributed by atoms with Crippen molar-refractivity contribution in [1.29, 1.82) is 5.26 Å². The molecule has 2 N–H and O–H groups in total. The minimum atomic E-state index is -0.298. The summed E-state index contributed by atoms with van der Waals surface area (Å²) in [5, 5.41) is 8.97. The van der Waals surface area contributed by atoms with Gasteiger partial charge < -0.3 is 10.5 Å². The van der Waals surface area contributed by atoms with Crippen molar-refractivity contribution in [2.24, 2.45) is 0 Å². The topological polar surface area (TPSA) is 59.0 Å². The molecule has 0 aliphatic carbocycles. The average molecular weight is 304 g/mol. The number of nitrogen functional groups attached to an aromatic ring is 1. The summed E-state index contributed by atoms with van der Waals surface area (Å²) in [6, 6.07) is 20.4.